The van der Waals surface area contributed by atoms with Crippen molar-refractivity contribution in [1.82, 2.24) is 14.7 Å². The van der Waals surface area contributed by atoms with Crippen LogP contribution in [0.5, 0.6) is 0 Å². The molecule has 3 aromatic rings. The molecule has 0 saturated carbocycles. The minimum Gasteiger partial charge on any atom is -0.377 e. The monoisotopic (exact) mass is 447 g/mol. The summed E-state index contributed by atoms with van der Waals surface area (Å²) in [6.07, 6.45) is 1.37. The lowest BCUT2D eigenvalue weighted by molar-refractivity contribution is -0.00534. The molecular formula is C22H17F4N3O3. The van der Waals surface area contributed by atoms with Crippen LogP contribution in [0.2, 0.25) is 0 Å². The molecule has 1 aliphatic rings. The van der Waals surface area contributed by atoms with Gasteiger partial charge in [-0.05, 0) is 36.8 Å². The Morgan fingerprint density at radius 3 is 2.16 bits per heavy atom. The molecule has 32 heavy (non-hydrogen) atoms. The third-order valence-corrected chi connectivity index (χ3v) is 5.22. The van der Waals surface area contributed by atoms with Crippen LogP contribution in [0.25, 0.3) is 0 Å². The number of halogens is 4. The number of nitrogens with zero attached hydrogens (tertiary/aromatic N) is 3. The number of carbonyl (C=O) groups is 2. The fraction of sp³-hybridized carbons (Fsp3) is 0.227. The van der Waals surface area contributed by atoms with Gasteiger partial charge in [0.05, 0.1) is 42.3 Å². The van der Waals surface area contributed by atoms with Crippen molar-refractivity contribution in [2.24, 2.45) is 0 Å². The maximum absolute atomic E-state index is 14.2. The van der Waals surface area contributed by atoms with E-state index in [1.165, 1.54) is 11.1 Å². The Morgan fingerprint density at radius 1 is 0.969 bits per heavy atom. The molecular weight excluding hydrogens is 430 g/mol. The van der Waals surface area contributed by atoms with Gasteiger partial charge in [0.2, 0.25) is 0 Å². The van der Waals surface area contributed by atoms with Crippen molar-refractivity contribution in [2.45, 2.75) is 13.0 Å². The van der Waals surface area contributed by atoms with Crippen molar-refractivity contribution in [3.63, 3.8) is 0 Å². The molecule has 2 heterocycles. The first kappa shape index (κ1) is 21.7. The quantitative estimate of drug-likeness (QED) is 0.575. The predicted molar refractivity (Wildman–Crippen MR) is 104 cm³/mol. The smallest absolute Gasteiger partial charge is 0.281 e. The van der Waals surface area contributed by atoms with E-state index in [0.29, 0.717) is 17.7 Å². The number of benzene rings is 2. The predicted octanol–water partition coefficient (Wildman–Crippen LogP) is 3.65. The molecule has 0 N–H and O–H groups in total. The number of rotatable bonds is 3. The second-order valence-corrected chi connectivity index (χ2v) is 7.27. The van der Waals surface area contributed by atoms with Crippen LogP contribution < -0.4 is 0 Å². The molecule has 6 nitrogen and oxygen atoms in total. The summed E-state index contributed by atoms with van der Waals surface area (Å²) in [5.74, 6) is -5.32. The molecule has 1 fully saturated rings. The van der Waals surface area contributed by atoms with E-state index in [4.69, 9.17) is 4.74 Å². The summed E-state index contributed by atoms with van der Waals surface area (Å²) in [5, 5.41) is 4.02. The summed E-state index contributed by atoms with van der Waals surface area (Å²) in [6.45, 7) is 1.85. The number of ether oxygens (including phenoxy) is 1. The van der Waals surface area contributed by atoms with Crippen molar-refractivity contribution in [1.29, 1.82) is 0 Å². The molecule has 0 aliphatic carbocycles. The maximum atomic E-state index is 14.2. The average molecular weight is 447 g/mol. The molecule has 1 amide bonds. The number of hydrogen-bond acceptors (Lipinski definition) is 4. The van der Waals surface area contributed by atoms with Gasteiger partial charge < -0.3 is 9.64 Å². The highest BCUT2D eigenvalue weighted by molar-refractivity contribution is 5.97. The molecule has 0 radical (unpaired) electrons. The minimum atomic E-state index is -1.06. The standard InChI is InChI=1S/C22H17F4N3O3/c1-12-10-27-29(22(31)16-5-3-14(24)9-18(16)26)20(12)19-11-32-7-6-28(19)21(30)15-4-2-13(23)8-17(15)25/h2-5,8-10,19H,6-7,11H2,1H3/t19-/m1/s1. The molecule has 1 saturated heterocycles. The van der Waals surface area contributed by atoms with Crippen LogP contribution in [0.4, 0.5) is 17.6 Å². The fourth-order valence-electron chi connectivity index (χ4n) is 3.67. The van der Waals surface area contributed by atoms with E-state index in [1.807, 2.05) is 0 Å². The Balaban J connectivity index is 1.74. The van der Waals surface area contributed by atoms with Crippen LogP contribution in [0.15, 0.2) is 42.6 Å². The SMILES string of the molecule is Cc1cnn(C(=O)c2ccc(F)cc2F)c1[C@H]1COCCN1C(=O)c1ccc(F)cc1F. The second kappa shape index (κ2) is 8.54. The zero-order valence-electron chi connectivity index (χ0n) is 16.8. The molecule has 10 heteroatoms. The van der Waals surface area contributed by atoms with Gasteiger partial charge in [0.15, 0.2) is 0 Å². The lowest BCUT2D eigenvalue weighted by Crippen LogP contribution is -2.45. The van der Waals surface area contributed by atoms with E-state index in [0.717, 1.165) is 28.9 Å². The Kier molecular flexibility index (Phi) is 5.79. The summed E-state index contributed by atoms with van der Waals surface area (Å²) >= 11 is 0. The van der Waals surface area contributed by atoms with Gasteiger partial charge in [0.25, 0.3) is 11.8 Å². The Labute approximate surface area is 180 Å². The van der Waals surface area contributed by atoms with Gasteiger partial charge in [-0.3, -0.25) is 9.59 Å². The fourth-order valence-corrected chi connectivity index (χ4v) is 3.67. The first-order valence-corrected chi connectivity index (χ1v) is 9.66. The highest BCUT2D eigenvalue weighted by atomic mass is 19.1. The lowest BCUT2D eigenvalue weighted by Gasteiger charge is -2.36. The first-order valence-electron chi connectivity index (χ1n) is 9.66. The molecule has 0 spiro atoms. The van der Waals surface area contributed by atoms with E-state index in [9.17, 15) is 27.2 Å². The van der Waals surface area contributed by atoms with E-state index in [1.54, 1.807) is 6.92 Å². The highest BCUT2D eigenvalue weighted by Crippen LogP contribution is 2.30. The molecule has 1 aromatic heterocycles. The summed E-state index contributed by atoms with van der Waals surface area (Å²) in [4.78, 5) is 27.4. The van der Waals surface area contributed by atoms with Gasteiger partial charge in [-0.1, -0.05) is 0 Å². The normalized spacial score (nSPS) is 16.3. The van der Waals surface area contributed by atoms with Crippen LogP contribution in [-0.2, 0) is 4.74 Å². The van der Waals surface area contributed by atoms with Gasteiger partial charge in [0.1, 0.15) is 23.3 Å². The molecule has 1 aliphatic heterocycles. The lowest BCUT2D eigenvalue weighted by atomic mass is 10.0. The molecule has 0 bridgehead atoms. The molecule has 1 atom stereocenters. The summed E-state index contributed by atoms with van der Waals surface area (Å²) in [6, 6.07) is 4.31. The van der Waals surface area contributed by atoms with Gasteiger partial charge in [-0.25, -0.2) is 17.6 Å². The molecule has 166 valence electrons. The van der Waals surface area contributed by atoms with Crippen molar-refractivity contribution < 1.29 is 31.9 Å². The van der Waals surface area contributed by atoms with Crippen LogP contribution in [-0.4, -0.2) is 46.3 Å². The summed E-state index contributed by atoms with van der Waals surface area (Å²) in [7, 11) is 0. The van der Waals surface area contributed by atoms with Crippen molar-refractivity contribution in [3.8, 4) is 0 Å². The molecule has 2 aromatic carbocycles. The van der Waals surface area contributed by atoms with E-state index < -0.39 is 46.7 Å². The zero-order valence-corrected chi connectivity index (χ0v) is 16.8. The van der Waals surface area contributed by atoms with E-state index >= 15 is 0 Å². The highest BCUT2D eigenvalue weighted by Gasteiger charge is 2.35. The Hall–Kier alpha value is -3.53. The topological polar surface area (TPSA) is 64.4 Å². The average Bonchev–Trinajstić information content (AvgIpc) is 3.14. The summed E-state index contributed by atoms with van der Waals surface area (Å²) < 4.78 is 61.4. The second-order valence-electron chi connectivity index (χ2n) is 7.27. The number of amides is 1. The van der Waals surface area contributed by atoms with Gasteiger partial charge in [-0.2, -0.15) is 9.78 Å². The number of carbonyl (C=O) groups excluding carboxylic acids is 2. The first-order chi connectivity index (χ1) is 15.3. The maximum Gasteiger partial charge on any atom is 0.281 e. The van der Waals surface area contributed by atoms with E-state index in [2.05, 4.69) is 5.10 Å². The zero-order chi connectivity index (χ0) is 23.0. The van der Waals surface area contributed by atoms with Crippen LogP contribution >= 0.6 is 0 Å². The van der Waals surface area contributed by atoms with Gasteiger partial charge in [-0.15, -0.1) is 0 Å². The van der Waals surface area contributed by atoms with Crippen molar-refractivity contribution in [3.05, 3.63) is 88.2 Å². The van der Waals surface area contributed by atoms with Crippen LogP contribution in [0, 0.1) is 30.2 Å². The van der Waals surface area contributed by atoms with Crippen LogP contribution in [0.3, 0.4) is 0 Å². The van der Waals surface area contributed by atoms with Gasteiger partial charge in [0, 0.05) is 18.7 Å². The molecule has 0 unspecified atom stereocenters. The minimum absolute atomic E-state index is 0.0275. The summed E-state index contributed by atoms with van der Waals surface area (Å²) in [5.41, 5.74) is 0.0101. The number of hydrogen-bond donors (Lipinski definition) is 0. The number of morpholine rings is 1. The van der Waals surface area contributed by atoms with Gasteiger partial charge >= 0.3 is 0 Å². The third-order valence-electron chi connectivity index (χ3n) is 5.22. The molecule has 4 rings (SSSR count). The number of aryl methyl sites for hydroxylation is 1. The Bertz CT molecular complexity index is 1210. The van der Waals surface area contributed by atoms with Crippen molar-refractivity contribution >= 4 is 11.8 Å². The largest absolute Gasteiger partial charge is 0.377 e. The van der Waals surface area contributed by atoms with Crippen molar-refractivity contribution in [2.75, 3.05) is 19.8 Å². The number of aromatic nitrogens is 2. The Morgan fingerprint density at radius 2 is 1.56 bits per heavy atom. The van der Waals surface area contributed by atoms with Crippen LogP contribution in [0.1, 0.15) is 38.0 Å². The third kappa shape index (κ3) is 3.89. The van der Waals surface area contributed by atoms with E-state index in [-0.39, 0.29) is 31.0 Å².